The largest absolute Gasteiger partial charge is 0.337 e. The van der Waals surface area contributed by atoms with Crippen LogP contribution in [0.3, 0.4) is 0 Å². The number of piperidine rings is 1. The topological polar surface area (TPSA) is 32.3 Å². The monoisotopic (exact) mass is 210 g/mol. The molecule has 0 bridgehead atoms. The Bertz CT molecular complexity index is 244. The first-order chi connectivity index (χ1) is 7.11. The maximum absolute atomic E-state index is 12.3. The van der Waals surface area contributed by atoms with Gasteiger partial charge in [0.1, 0.15) is 0 Å². The van der Waals surface area contributed by atoms with Gasteiger partial charge in [-0.15, -0.1) is 0 Å². The van der Waals surface area contributed by atoms with Crippen LogP contribution in [-0.4, -0.2) is 36.0 Å². The van der Waals surface area contributed by atoms with Crippen LogP contribution in [-0.2, 0) is 4.79 Å². The quantitative estimate of drug-likeness (QED) is 0.709. The summed E-state index contributed by atoms with van der Waals surface area (Å²) in [5.74, 6) is 0.683. The second-order valence-electron chi connectivity index (χ2n) is 5.43. The van der Waals surface area contributed by atoms with Gasteiger partial charge in [-0.1, -0.05) is 0 Å². The predicted octanol–water partition coefficient (Wildman–Crippen LogP) is 1.39. The fraction of sp³-hybridized carbons (Fsp3) is 0.917. The molecule has 0 spiro atoms. The van der Waals surface area contributed by atoms with E-state index in [0.29, 0.717) is 5.91 Å². The van der Waals surface area contributed by atoms with E-state index in [0.717, 1.165) is 38.9 Å². The molecule has 15 heavy (non-hydrogen) atoms. The molecule has 1 N–H and O–H groups in total. The highest BCUT2D eigenvalue weighted by Gasteiger charge is 2.38. The SMILES string of the molecule is CC1(C)CCCN1C(=O)C1CCNCC1. The molecule has 0 aliphatic carbocycles. The van der Waals surface area contributed by atoms with Crippen LogP contribution in [0, 0.1) is 5.92 Å². The minimum Gasteiger partial charge on any atom is -0.337 e. The zero-order valence-corrected chi connectivity index (χ0v) is 9.88. The number of amides is 1. The van der Waals surface area contributed by atoms with E-state index < -0.39 is 0 Å². The number of hydrogen-bond donors (Lipinski definition) is 1. The summed E-state index contributed by atoms with van der Waals surface area (Å²) in [7, 11) is 0. The van der Waals surface area contributed by atoms with E-state index in [1.165, 1.54) is 6.42 Å². The summed E-state index contributed by atoms with van der Waals surface area (Å²) in [5, 5.41) is 3.31. The lowest BCUT2D eigenvalue weighted by molar-refractivity contribution is -0.139. The zero-order valence-electron chi connectivity index (χ0n) is 9.88. The second kappa shape index (κ2) is 4.12. The normalized spacial score (nSPS) is 26.9. The van der Waals surface area contributed by atoms with Gasteiger partial charge in [-0.25, -0.2) is 0 Å². The number of hydrogen-bond acceptors (Lipinski definition) is 2. The molecule has 2 heterocycles. The summed E-state index contributed by atoms with van der Waals surface area (Å²) in [5.41, 5.74) is 0.0992. The fourth-order valence-electron chi connectivity index (χ4n) is 2.81. The van der Waals surface area contributed by atoms with Crippen molar-refractivity contribution in [2.75, 3.05) is 19.6 Å². The molecule has 0 saturated carbocycles. The van der Waals surface area contributed by atoms with Gasteiger partial charge in [-0.05, 0) is 52.6 Å². The average Bonchev–Trinajstić information content (AvgIpc) is 2.58. The molecule has 1 amide bonds. The third-order valence-corrected chi connectivity index (χ3v) is 3.86. The summed E-state index contributed by atoms with van der Waals surface area (Å²) in [6, 6.07) is 0. The molecule has 0 aromatic rings. The summed E-state index contributed by atoms with van der Waals surface area (Å²) in [6.07, 6.45) is 4.37. The third kappa shape index (κ3) is 2.17. The van der Waals surface area contributed by atoms with Crippen LogP contribution < -0.4 is 5.32 Å². The molecule has 2 rings (SSSR count). The highest BCUT2D eigenvalue weighted by atomic mass is 16.2. The number of nitrogens with one attached hydrogen (secondary N) is 1. The van der Waals surface area contributed by atoms with Crippen molar-refractivity contribution in [3.05, 3.63) is 0 Å². The third-order valence-electron chi connectivity index (χ3n) is 3.86. The molecule has 3 heteroatoms. The first-order valence-corrected chi connectivity index (χ1v) is 6.13. The smallest absolute Gasteiger partial charge is 0.226 e. The van der Waals surface area contributed by atoms with Crippen LogP contribution in [0.5, 0.6) is 0 Å². The Morgan fingerprint density at radius 1 is 1.33 bits per heavy atom. The lowest BCUT2D eigenvalue weighted by Crippen LogP contribution is -2.47. The molecule has 2 aliphatic heterocycles. The summed E-state index contributed by atoms with van der Waals surface area (Å²) < 4.78 is 0. The van der Waals surface area contributed by atoms with Crippen molar-refractivity contribution in [3.8, 4) is 0 Å². The van der Waals surface area contributed by atoms with Crippen molar-refractivity contribution in [1.82, 2.24) is 10.2 Å². The molecule has 2 fully saturated rings. The van der Waals surface area contributed by atoms with Crippen LogP contribution in [0.2, 0.25) is 0 Å². The average molecular weight is 210 g/mol. The first kappa shape index (κ1) is 10.9. The van der Waals surface area contributed by atoms with E-state index in [1.807, 2.05) is 0 Å². The molecule has 0 unspecified atom stereocenters. The van der Waals surface area contributed by atoms with Crippen molar-refractivity contribution in [3.63, 3.8) is 0 Å². The number of rotatable bonds is 1. The van der Waals surface area contributed by atoms with Gasteiger partial charge in [0.15, 0.2) is 0 Å². The Morgan fingerprint density at radius 3 is 2.53 bits per heavy atom. The molecule has 2 aliphatic rings. The Hall–Kier alpha value is -0.570. The number of carbonyl (C=O) groups is 1. The van der Waals surface area contributed by atoms with E-state index in [9.17, 15) is 4.79 Å². The lowest BCUT2D eigenvalue weighted by atomic mass is 9.94. The van der Waals surface area contributed by atoms with Crippen molar-refractivity contribution in [2.45, 2.75) is 45.1 Å². The van der Waals surface area contributed by atoms with Crippen LogP contribution in [0.1, 0.15) is 39.5 Å². The number of carbonyl (C=O) groups excluding carboxylic acids is 1. The standard InChI is InChI=1S/C12H22N2O/c1-12(2)6-3-9-14(12)11(15)10-4-7-13-8-5-10/h10,13H,3-9H2,1-2H3. The van der Waals surface area contributed by atoms with E-state index in [1.54, 1.807) is 0 Å². The number of nitrogens with zero attached hydrogens (tertiary/aromatic N) is 1. The van der Waals surface area contributed by atoms with Gasteiger partial charge >= 0.3 is 0 Å². The van der Waals surface area contributed by atoms with E-state index >= 15 is 0 Å². The van der Waals surface area contributed by atoms with Crippen LogP contribution in [0.4, 0.5) is 0 Å². The van der Waals surface area contributed by atoms with Crippen molar-refractivity contribution < 1.29 is 4.79 Å². The molecule has 0 atom stereocenters. The summed E-state index contributed by atoms with van der Waals surface area (Å²) in [4.78, 5) is 14.4. The van der Waals surface area contributed by atoms with Gasteiger partial charge in [0, 0.05) is 18.0 Å². The van der Waals surface area contributed by atoms with Gasteiger partial charge in [0.25, 0.3) is 0 Å². The fourth-order valence-corrected chi connectivity index (χ4v) is 2.81. The van der Waals surface area contributed by atoms with Gasteiger partial charge in [-0.3, -0.25) is 4.79 Å². The van der Waals surface area contributed by atoms with Crippen molar-refractivity contribution >= 4 is 5.91 Å². The Labute approximate surface area is 92.2 Å². The molecular weight excluding hydrogens is 188 g/mol. The molecule has 3 nitrogen and oxygen atoms in total. The first-order valence-electron chi connectivity index (χ1n) is 6.13. The molecule has 0 aromatic carbocycles. The van der Waals surface area contributed by atoms with Gasteiger partial charge in [0.05, 0.1) is 0 Å². The molecule has 0 aromatic heterocycles. The minimum absolute atomic E-state index is 0.0992. The van der Waals surface area contributed by atoms with E-state index in [2.05, 4.69) is 24.1 Å². The Balaban J connectivity index is 2.00. The van der Waals surface area contributed by atoms with Crippen molar-refractivity contribution in [1.29, 1.82) is 0 Å². The van der Waals surface area contributed by atoms with Gasteiger partial charge in [-0.2, -0.15) is 0 Å². The Morgan fingerprint density at radius 2 is 2.00 bits per heavy atom. The van der Waals surface area contributed by atoms with Gasteiger partial charge < -0.3 is 10.2 Å². The van der Waals surface area contributed by atoms with Crippen LogP contribution >= 0.6 is 0 Å². The maximum atomic E-state index is 12.3. The maximum Gasteiger partial charge on any atom is 0.226 e. The van der Waals surface area contributed by atoms with Crippen LogP contribution in [0.25, 0.3) is 0 Å². The minimum atomic E-state index is 0.0992. The van der Waals surface area contributed by atoms with E-state index in [-0.39, 0.29) is 11.5 Å². The van der Waals surface area contributed by atoms with Gasteiger partial charge in [0.2, 0.25) is 5.91 Å². The molecule has 86 valence electrons. The highest BCUT2D eigenvalue weighted by Crippen LogP contribution is 2.31. The molecule has 0 radical (unpaired) electrons. The second-order valence-corrected chi connectivity index (χ2v) is 5.43. The zero-order chi connectivity index (χ0) is 10.9. The summed E-state index contributed by atoms with van der Waals surface area (Å²) in [6.45, 7) is 7.36. The van der Waals surface area contributed by atoms with Crippen LogP contribution in [0.15, 0.2) is 0 Å². The highest BCUT2D eigenvalue weighted by molar-refractivity contribution is 5.80. The molecule has 2 saturated heterocycles. The predicted molar refractivity (Wildman–Crippen MR) is 60.6 cm³/mol. The molecular formula is C12H22N2O. The Kier molecular flexibility index (Phi) is 3.01. The lowest BCUT2D eigenvalue weighted by Gasteiger charge is -2.35. The van der Waals surface area contributed by atoms with E-state index in [4.69, 9.17) is 0 Å². The summed E-state index contributed by atoms with van der Waals surface area (Å²) >= 11 is 0. The van der Waals surface area contributed by atoms with Crippen molar-refractivity contribution in [2.24, 2.45) is 5.92 Å². The number of likely N-dealkylation sites (tertiary alicyclic amines) is 1.